The molecular weight excluding hydrogens is 704 g/mol. The molecule has 0 N–H and O–H groups in total. The second-order valence-corrected chi connectivity index (χ2v) is 21.9. The second-order valence-electron chi connectivity index (χ2n) is 13.6. The van der Waals surface area contributed by atoms with E-state index in [1.807, 2.05) is 19.9 Å². The molecule has 6 rings (SSSR count). The predicted octanol–water partition coefficient (Wildman–Crippen LogP) is 7.59. The summed E-state index contributed by atoms with van der Waals surface area (Å²) in [5.41, 5.74) is 1.79. The monoisotopic (exact) mass is 738 g/mol. The summed E-state index contributed by atoms with van der Waals surface area (Å²) < 4.78 is 45.1. The van der Waals surface area contributed by atoms with Crippen molar-refractivity contribution in [3.63, 3.8) is 0 Å². The van der Waals surface area contributed by atoms with E-state index < -0.39 is 45.1 Å². The molecule has 3 heterocycles. The molecule has 0 saturated heterocycles. The minimum absolute atomic E-state index is 0.189. The summed E-state index contributed by atoms with van der Waals surface area (Å²) in [6.07, 6.45) is 5.04. The Morgan fingerprint density at radius 3 is 2.64 bits per heavy atom. The van der Waals surface area contributed by atoms with E-state index in [2.05, 4.69) is 40.6 Å². The third-order valence-electron chi connectivity index (χ3n) is 8.31. The zero-order chi connectivity index (χ0) is 33.7. The van der Waals surface area contributed by atoms with Crippen LogP contribution in [0.3, 0.4) is 0 Å². The number of para-hydroxylation sites is 1. The Morgan fingerprint density at radius 2 is 1.94 bits per heavy atom. The highest BCUT2D eigenvalue weighted by Gasteiger charge is 2.49. The number of nitro groups is 1. The number of halogens is 1. The molecule has 1 atom stereocenters. The molecule has 47 heavy (non-hydrogen) atoms. The number of hydrogen-bond acceptors (Lipinski definition) is 9. The van der Waals surface area contributed by atoms with E-state index in [1.54, 1.807) is 35.3 Å². The van der Waals surface area contributed by atoms with Gasteiger partial charge >= 0.3 is 0 Å². The standard InChI is InChI=1S/C32H35BrN6O6SSi/c1-32(2)16-21-14-22(33)17-35-29(21)31(32)38(46(42,43)28-9-7-6-8-26(28)39(40)41)23-10-11-25-24(15-23)30(27-18-34-19-45-27)36-37(25)20-44-12-13-47(3,4)5/h6-11,14-15,17-19,31H,12-13,16,20H2,1-5H3. The first-order valence-corrected chi connectivity index (χ1v) is 21.0. The average Bonchev–Trinajstić information content (AvgIpc) is 3.71. The first-order valence-electron chi connectivity index (χ1n) is 15.1. The highest BCUT2D eigenvalue weighted by Crippen LogP contribution is 2.52. The lowest BCUT2D eigenvalue weighted by atomic mass is 9.86. The van der Waals surface area contributed by atoms with E-state index in [-0.39, 0.29) is 6.73 Å². The van der Waals surface area contributed by atoms with Gasteiger partial charge in [-0.15, -0.1) is 0 Å². The van der Waals surface area contributed by atoms with Gasteiger partial charge in [0.2, 0.25) is 0 Å². The average molecular weight is 740 g/mol. The molecule has 0 radical (unpaired) electrons. The molecule has 0 spiro atoms. The maximum absolute atomic E-state index is 14.8. The number of nitrogens with zero attached hydrogens (tertiary/aromatic N) is 6. The van der Waals surface area contributed by atoms with E-state index >= 15 is 0 Å². The van der Waals surface area contributed by atoms with Crippen molar-refractivity contribution in [2.45, 2.75) is 63.6 Å². The van der Waals surface area contributed by atoms with Crippen molar-refractivity contribution >= 4 is 56.3 Å². The maximum Gasteiger partial charge on any atom is 0.289 e. The van der Waals surface area contributed by atoms with E-state index in [0.29, 0.717) is 46.8 Å². The number of pyridine rings is 1. The van der Waals surface area contributed by atoms with Gasteiger partial charge < -0.3 is 9.15 Å². The van der Waals surface area contributed by atoms with Crippen LogP contribution in [0, 0.1) is 15.5 Å². The summed E-state index contributed by atoms with van der Waals surface area (Å²) in [5, 5.41) is 17.5. The fourth-order valence-electron chi connectivity index (χ4n) is 6.07. The Labute approximate surface area is 282 Å². The fraction of sp³-hybridized carbons (Fsp3) is 0.344. The maximum atomic E-state index is 14.8. The highest BCUT2D eigenvalue weighted by molar-refractivity contribution is 9.10. The van der Waals surface area contributed by atoms with Crippen LogP contribution >= 0.6 is 15.9 Å². The molecular formula is C32H35BrN6O6SSi. The van der Waals surface area contributed by atoms with Crippen molar-refractivity contribution in [2.75, 3.05) is 10.9 Å². The number of anilines is 1. The fourth-order valence-corrected chi connectivity index (χ4v) is 9.13. The SMILES string of the molecule is CC1(C)Cc2cc(Br)cnc2C1N(c1ccc2c(c1)c(-c1cnco1)nn2COCC[Si](C)(C)C)S(=O)(=O)c1ccccc1[N+](=O)[O-]. The number of nitro benzene ring substituents is 1. The van der Waals surface area contributed by atoms with Gasteiger partial charge in [0.15, 0.2) is 17.0 Å². The molecule has 1 unspecified atom stereocenters. The second kappa shape index (κ2) is 12.3. The van der Waals surface area contributed by atoms with E-state index in [0.717, 1.165) is 16.1 Å². The molecule has 0 aliphatic heterocycles. The lowest BCUT2D eigenvalue weighted by molar-refractivity contribution is -0.387. The van der Waals surface area contributed by atoms with Gasteiger partial charge in [-0.3, -0.25) is 19.4 Å². The van der Waals surface area contributed by atoms with Crippen LogP contribution in [0.1, 0.15) is 31.1 Å². The first-order chi connectivity index (χ1) is 22.2. The van der Waals surface area contributed by atoms with Gasteiger partial charge in [0.05, 0.1) is 34.1 Å². The van der Waals surface area contributed by atoms with Crippen LogP contribution in [0.15, 0.2) is 81.1 Å². The number of sulfonamides is 1. The van der Waals surface area contributed by atoms with E-state index in [4.69, 9.17) is 19.2 Å². The van der Waals surface area contributed by atoms with Gasteiger partial charge in [0, 0.05) is 36.8 Å². The highest BCUT2D eigenvalue weighted by atomic mass is 79.9. The minimum atomic E-state index is -4.54. The molecule has 5 aromatic rings. The Morgan fingerprint density at radius 1 is 1.17 bits per heavy atom. The van der Waals surface area contributed by atoms with Crippen molar-refractivity contribution in [1.29, 1.82) is 0 Å². The smallest absolute Gasteiger partial charge is 0.289 e. The number of ether oxygens (including phenoxy) is 1. The topological polar surface area (TPSA) is 146 Å². The Kier molecular flexibility index (Phi) is 8.61. The summed E-state index contributed by atoms with van der Waals surface area (Å²) in [4.78, 5) is 19.8. The number of rotatable bonds is 11. The van der Waals surface area contributed by atoms with Crippen molar-refractivity contribution in [3.05, 3.63) is 93.2 Å². The van der Waals surface area contributed by atoms with Gasteiger partial charge in [0.25, 0.3) is 15.7 Å². The van der Waals surface area contributed by atoms with Crippen LogP contribution in [0.5, 0.6) is 0 Å². The Hall–Kier alpha value is -3.92. The van der Waals surface area contributed by atoms with Crippen molar-refractivity contribution in [1.82, 2.24) is 19.7 Å². The molecule has 0 amide bonds. The number of aromatic nitrogens is 4. The summed E-state index contributed by atoms with van der Waals surface area (Å²) in [6.45, 7) is 11.6. The van der Waals surface area contributed by atoms with Crippen LogP contribution in [0.25, 0.3) is 22.4 Å². The van der Waals surface area contributed by atoms with Crippen molar-refractivity contribution in [3.8, 4) is 11.5 Å². The molecule has 15 heteroatoms. The lowest BCUT2D eigenvalue weighted by Crippen LogP contribution is -2.41. The normalized spacial score (nSPS) is 16.0. The molecule has 0 saturated carbocycles. The van der Waals surface area contributed by atoms with Crippen LogP contribution < -0.4 is 4.31 Å². The van der Waals surface area contributed by atoms with Gasteiger partial charge in [-0.1, -0.05) is 45.6 Å². The van der Waals surface area contributed by atoms with Crippen molar-refractivity contribution < 1.29 is 22.5 Å². The Balaban J connectivity index is 1.55. The number of fused-ring (bicyclic) bond motifs is 2. The lowest BCUT2D eigenvalue weighted by Gasteiger charge is -2.38. The van der Waals surface area contributed by atoms with Crippen LogP contribution in [0.2, 0.25) is 25.7 Å². The predicted molar refractivity (Wildman–Crippen MR) is 184 cm³/mol. The summed E-state index contributed by atoms with van der Waals surface area (Å²) in [6, 6.07) is 12.8. The third-order valence-corrected chi connectivity index (χ3v) is 12.3. The largest absolute Gasteiger partial charge is 0.442 e. The van der Waals surface area contributed by atoms with E-state index in [9.17, 15) is 18.5 Å². The first kappa shape index (κ1) is 33.0. The minimum Gasteiger partial charge on any atom is -0.442 e. The summed E-state index contributed by atoms with van der Waals surface area (Å²) >= 11 is 3.49. The zero-order valence-corrected chi connectivity index (χ0v) is 30.1. The Bertz CT molecular complexity index is 2080. The number of benzene rings is 2. The van der Waals surface area contributed by atoms with Gasteiger partial charge in [-0.25, -0.2) is 18.1 Å². The van der Waals surface area contributed by atoms with Crippen LogP contribution in [-0.2, 0) is 27.9 Å². The third kappa shape index (κ3) is 6.36. The molecule has 246 valence electrons. The molecule has 1 aliphatic carbocycles. The van der Waals surface area contributed by atoms with E-state index in [1.165, 1.54) is 35.0 Å². The molecule has 0 bridgehead atoms. The molecule has 0 fully saturated rings. The number of oxazole rings is 1. The quantitative estimate of drug-likeness (QED) is 0.0579. The van der Waals surface area contributed by atoms with Crippen LogP contribution in [-0.4, -0.2) is 47.8 Å². The van der Waals surface area contributed by atoms with Crippen molar-refractivity contribution in [2.24, 2.45) is 5.41 Å². The molecule has 1 aliphatic rings. The summed E-state index contributed by atoms with van der Waals surface area (Å²) in [7, 11) is -5.85. The van der Waals surface area contributed by atoms with Gasteiger partial charge in [-0.05, 0) is 69.7 Å². The zero-order valence-electron chi connectivity index (χ0n) is 26.7. The molecule has 2 aromatic carbocycles. The molecule has 12 nitrogen and oxygen atoms in total. The van der Waals surface area contributed by atoms with Gasteiger partial charge in [0.1, 0.15) is 12.4 Å². The summed E-state index contributed by atoms with van der Waals surface area (Å²) in [5.74, 6) is 0.402. The van der Waals surface area contributed by atoms with Crippen LogP contribution in [0.4, 0.5) is 11.4 Å². The number of hydrogen-bond donors (Lipinski definition) is 0. The molecule has 3 aromatic heterocycles. The van der Waals surface area contributed by atoms with Gasteiger partial charge in [-0.2, -0.15) is 5.10 Å².